The third-order valence-corrected chi connectivity index (χ3v) is 26.5. The van der Waals surface area contributed by atoms with Gasteiger partial charge in [-0.05, 0) is 89.3 Å². The Bertz CT molecular complexity index is 6210. The van der Waals surface area contributed by atoms with Crippen LogP contribution in [0.15, 0.2) is 400 Å². The van der Waals surface area contributed by atoms with E-state index in [1.165, 1.54) is 0 Å². The van der Waals surface area contributed by atoms with Gasteiger partial charge in [0.2, 0.25) is 0 Å². The van der Waals surface area contributed by atoms with Crippen molar-refractivity contribution >= 4 is 67.7 Å². The quantitative estimate of drug-likeness (QED) is 0.0990. The molecule has 0 radical (unpaired) electrons. The van der Waals surface area contributed by atoms with E-state index in [9.17, 15) is 4.57 Å². The molecule has 0 unspecified atom stereocenters. The Balaban J connectivity index is 0.000000154. The highest BCUT2D eigenvalue weighted by Crippen LogP contribution is 2.52. The molecule has 108 heavy (non-hydrogen) atoms. The van der Waals surface area contributed by atoms with Gasteiger partial charge in [0, 0.05) is 65.2 Å². The lowest BCUT2D eigenvalue weighted by molar-refractivity contribution is 0.592. The SMILES string of the molecule is O=P(c1ccc(-c2ccc(-c3cccc(-c4nc(-c5ccccc5)nc(-c5ccccc5)n4)c3)cc2)cc1)(c1cccc2ccccc12)c1cccc2ccccc12.O=P1(c2ccc(-c3ccc(-c4cccc(-c5nc(-c6ccccc6)nc(-c6ccccc6)n5)c4)cc3)cc2)c2ccccc2-c2ccccc21. The summed E-state index contributed by atoms with van der Waals surface area (Å²) in [6.45, 7) is 0. The van der Waals surface area contributed by atoms with Crippen molar-refractivity contribution in [2.45, 2.75) is 0 Å². The van der Waals surface area contributed by atoms with Crippen LogP contribution in [-0.2, 0) is 9.13 Å². The summed E-state index contributed by atoms with van der Waals surface area (Å²) in [5.41, 5.74) is 16.4. The van der Waals surface area contributed by atoms with Gasteiger partial charge in [0.25, 0.3) is 0 Å². The van der Waals surface area contributed by atoms with Crippen LogP contribution in [0.25, 0.3) is 146 Å². The minimum atomic E-state index is -3.31. The Morgan fingerprint density at radius 2 is 0.472 bits per heavy atom. The zero-order chi connectivity index (χ0) is 72.4. The van der Waals surface area contributed by atoms with Crippen molar-refractivity contribution in [3.05, 3.63) is 400 Å². The molecule has 0 saturated carbocycles. The summed E-state index contributed by atoms with van der Waals surface area (Å²) >= 11 is 0. The maximum absolute atomic E-state index is 16.0. The van der Waals surface area contributed by atoms with Crippen LogP contribution in [0.3, 0.4) is 0 Å². The molecule has 0 fully saturated rings. The van der Waals surface area contributed by atoms with Crippen molar-refractivity contribution in [3.63, 3.8) is 0 Å². The van der Waals surface area contributed by atoms with Crippen LogP contribution in [0.1, 0.15) is 0 Å². The average molecular weight is 1420 g/mol. The summed E-state index contributed by atoms with van der Waals surface area (Å²) in [6, 6.07) is 135. The number of hydrogen-bond donors (Lipinski definition) is 0. The molecule has 8 nitrogen and oxygen atoms in total. The molecule has 16 aromatic carbocycles. The highest BCUT2D eigenvalue weighted by molar-refractivity contribution is 7.86. The zero-order valence-electron chi connectivity index (χ0n) is 58.5. The van der Waals surface area contributed by atoms with Gasteiger partial charge in [-0.2, -0.15) is 0 Å². The number of fused-ring (bicyclic) bond motifs is 5. The second kappa shape index (κ2) is 28.9. The monoisotopic (exact) mass is 1420 g/mol. The minimum Gasteiger partial charge on any atom is -0.309 e. The lowest BCUT2D eigenvalue weighted by atomic mass is 9.99. The minimum absolute atomic E-state index is 0.621. The van der Waals surface area contributed by atoms with E-state index in [2.05, 4.69) is 164 Å². The molecule has 0 bridgehead atoms. The third-order valence-electron chi connectivity index (χ3n) is 20.2. The fraction of sp³-hybridized carbons (Fsp3) is 0. The molecule has 0 aliphatic carbocycles. The van der Waals surface area contributed by atoms with E-state index in [-0.39, 0.29) is 0 Å². The molecule has 3 heterocycles. The number of benzene rings is 16. The molecule has 0 amide bonds. The fourth-order valence-corrected chi connectivity index (χ4v) is 20.8. The number of aromatic nitrogens is 6. The Kier molecular flexibility index (Phi) is 17.8. The maximum Gasteiger partial charge on any atom is 0.172 e. The Labute approximate surface area is 627 Å². The van der Waals surface area contributed by atoms with E-state index < -0.39 is 14.3 Å². The molecule has 0 saturated heterocycles. The molecule has 18 aromatic rings. The maximum atomic E-state index is 16.0. The van der Waals surface area contributed by atoms with Gasteiger partial charge in [0.05, 0.1) is 0 Å². The molecule has 510 valence electrons. The van der Waals surface area contributed by atoms with Crippen LogP contribution < -0.4 is 31.8 Å². The van der Waals surface area contributed by atoms with Gasteiger partial charge >= 0.3 is 0 Å². The predicted molar refractivity (Wildman–Crippen MR) is 447 cm³/mol. The summed E-state index contributed by atoms with van der Waals surface area (Å²) in [6.07, 6.45) is 0. The number of hydrogen-bond acceptors (Lipinski definition) is 8. The van der Waals surface area contributed by atoms with E-state index in [1.807, 2.05) is 237 Å². The fourth-order valence-electron chi connectivity index (χ4n) is 14.7. The van der Waals surface area contributed by atoms with Crippen molar-refractivity contribution in [1.29, 1.82) is 0 Å². The highest BCUT2D eigenvalue weighted by atomic mass is 31.2. The average Bonchev–Trinajstić information content (AvgIpc) is 1.50. The van der Waals surface area contributed by atoms with Crippen LogP contribution in [0, 0.1) is 0 Å². The second-order valence-corrected chi connectivity index (χ2v) is 32.1. The summed E-state index contributed by atoms with van der Waals surface area (Å²) in [4.78, 5) is 29.4. The Hall–Kier alpha value is -13.5. The van der Waals surface area contributed by atoms with Gasteiger partial charge in [0.1, 0.15) is 0 Å². The first kappa shape index (κ1) is 66.5. The molecule has 0 atom stereocenters. The summed E-state index contributed by atoms with van der Waals surface area (Å²) in [5.74, 6) is 3.80. The van der Waals surface area contributed by atoms with Crippen LogP contribution >= 0.6 is 14.3 Å². The second-order valence-electron chi connectivity index (χ2n) is 26.7. The van der Waals surface area contributed by atoms with Gasteiger partial charge in [-0.25, -0.2) is 29.9 Å². The van der Waals surface area contributed by atoms with Crippen LogP contribution in [-0.4, -0.2) is 29.9 Å². The van der Waals surface area contributed by atoms with Gasteiger partial charge < -0.3 is 9.13 Å². The predicted octanol–water partition coefficient (Wildman–Crippen LogP) is 22.0. The third kappa shape index (κ3) is 12.8. The first-order valence-electron chi connectivity index (χ1n) is 36.0. The van der Waals surface area contributed by atoms with Crippen LogP contribution in [0.2, 0.25) is 0 Å². The molecule has 1 aliphatic heterocycles. The summed E-state index contributed by atoms with van der Waals surface area (Å²) < 4.78 is 30.8. The van der Waals surface area contributed by atoms with E-state index in [0.717, 1.165) is 142 Å². The molecule has 19 rings (SSSR count). The Morgan fingerprint density at radius 1 is 0.213 bits per heavy atom. The zero-order valence-corrected chi connectivity index (χ0v) is 60.3. The molecule has 1 aliphatic rings. The van der Waals surface area contributed by atoms with Crippen molar-refractivity contribution in [3.8, 4) is 124 Å². The van der Waals surface area contributed by atoms with Gasteiger partial charge in [0.15, 0.2) is 49.2 Å². The van der Waals surface area contributed by atoms with Crippen LogP contribution in [0.4, 0.5) is 0 Å². The molecule has 2 aromatic heterocycles. The largest absolute Gasteiger partial charge is 0.309 e. The normalized spacial score (nSPS) is 12.0. The first-order chi connectivity index (χ1) is 53.3. The van der Waals surface area contributed by atoms with Gasteiger partial charge in [-0.3, -0.25) is 0 Å². The molecular formula is C98H66N6O2P2. The standard InChI is InChI=1S/C53H36N3OP.C45H30N3OP/c57-58(49-26-12-20-40-14-7-9-24-47(40)49,50-27-13-21-41-15-8-10-25-48(41)50)46-34-32-38(33-35-46)37-28-30-39(31-29-37)44-22-11-23-45(36-44)53-55-51(42-16-3-1-4-17-42)54-52(56-53)43-18-5-2-6-19-43;49-50(41-20-9-7-18-39(41)40-19-8-10-21-42(40)50)38-28-26-32(27-29-38)31-22-24-33(25-23-31)36-16-11-17-37(30-36)45-47-43(34-12-3-1-4-13-34)46-44(48-45)35-14-5-2-6-15-35/h1-36H;1-30H. The molecule has 10 heteroatoms. The van der Waals surface area contributed by atoms with E-state index in [4.69, 9.17) is 29.9 Å². The lowest BCUT2D eigenvalue weighted by Gasteiger charge is -2.23. The summed E-state index contributed by atoms with van der Waals surface area (Å²) in [5, 5.41) is 9.38. The van der Waals surface area contributed by atoms with E-state index in [1.54, 1.807) is 0 Å². The van der Waals surface area contributed by atoms with Crippen molar-refractivity contribution < 1.29 is 9.13 Å². The van der Waals surface area contributed by atoms with Crippen LogP contribution in [0.5, 0.6) is 0 Å². The molecule has 0 N–H and O–H groups in total. The van der Waals surface area contributed by atoms with Crippen molar-refractivity contribution in [2.75, 3.05) is 0 Å². The molecular weight excluding hydrogens is 1360 g/mol. The highest BCUT2D eigenvalue weighted by Gasteiger charge is 2.40. The van der Waals surface area contributed by atoms with E-state index in [0.29, 0.717) is 34.9 Å². The van der Waals surface area contributed by atoms with Gasteiger partial charge in [-0.15, -0.1) is 0 Å². The van der Waals surface area contributed by atoms with Gasteiger partial charge in [-0.1, -0.05) is 388 Å². The lowest BCUT2D eigenvalue weighted by Crippen LogP contribution is -2.26. The smallest absolute Gasteiger partial charge is 0.172 e. The topological polar surface area (TPSA) is 111 Å². The number of rotatable bonds is 14. The van der Waals surface area contributed by atoms with E-state index >= 15 is 4.57 Å². The summed E-state index contributed by atoms with van der Waals surface area (Å²) in [7, 11) is -6.26. The number of nitrogens with zero attached hydrogens (tertiary/aromatic N) is 6. The van der Waals surface area contributed by atoms with Crippen molar-refractivity contribution in [2.24, 2.45) is 0 Å². The molecule has 0 spiro atoms. The van der Waals surface area contributed by atoms with Crippen molar-refractivity contribution in [1.82, 2.24) is 29.9 Å². The first-order valence-corrected chi connectivity index (χ1v) is 39.4. The Morgan fingerprint density at radius 3 is 0.843 bits per heavy atom.